The molecule has 2 amide bonds. The smallest absolute Gasteiger partial charge is 0.407 e. The minimum Gasteiger partial charge on any atom is -0.447 e. The minimum atomic E-state index is -0.510. The molecule has 2 heterocycles. The van der Waals surface area contributed by atoms with E-state index in [9.17, 15) is 9.59 Å². The predicted molar refractivity (Wildman–Crippen MR) is 107 cm³/mol. The van der Waals surface area contributed by atoms with Crippen molar-refractivity contribution >= 4 is 17.7 Å². The van der Waals surface area contributed by atoms with Crippen molar-refractivity contribution in [2.45, 2.75) is 45.4 Å². The van der Waals surface area contributed by atoms with Gasteiger partial charge in [0.1, 0.15) is 0 Å². The van der Waals surface area contributed by atoms with Crippen molar-refractivity contribution in [3.63, 3.8) is 0 Å². The summed E-state index contributed by atoms with van der Waals surface area (Å²) >= 11 is 0. The normalized spacial score (nSPS) is 18.4. The Labute approximate surface area is 164 Å². The summed E-state index contributed by atoms with van der Waals surface area (Å²) in [7, 11) is 1.91. The number of aromatic nitrogens is 2. The summed E-state index contributed by atoms with van der Waals surface area (Å²) in [6.45, 7) is 5.07. The number of aryl methyl sites for hydroxylation is 1. The Bertz CT molecular complexity index is 941. The number of imidazole rings is 1. The van der Waals surface area contributed by atoms with Gasteiger partial charge in [0.15, 0.2) is 0 Å². The van der Waals surface area contributed by atoms with E-state index in [1.165, 1.54) is 6.92 Å². The fourth-order valence-electron chi connectivity index (χ4n) is 3.53. The number of hydrogen-bond acceptors (Lipinski definition) is 4. The first-order valence-electron chi connectivity index (χ1n) is 9.15. The Morgan fingerprint density at radius 1 is 1.39 bits per heavy atom. The second-order valence-corrected chi connectivity index (χ2v) is 7.12. The average molecular weight is 380 g/mol. The number of hydrogen-bond donors (Lipinski definition) is 1. The van der Waals surface area contributed by atoms with E-state index in [1.807, 2.05) is 29.8 Å². The van der Waals surface area contributed by atoms with Crippen LogP contribution in [0.15, 0.2) is 30.7 Å². The maximum atomic E-state index is 12.3. The number of carbonyl (C=O) groups is 2. The zero-order chi connectivity index (χ0) is 20.4. The lowest BCUT2D eigenvalue weighted by atomic mass is 9.89. The molecule has 2 atom stereocenters. The van der Waals surface area contributed by atoms with E-state index in [4.69, 9.17) is 11.2 Å². The molecule has 1 aromatic carbocycles. The Morgan fingerprint density at radius 2 is 2.14 bits per heavy atom. The molecule has 0 bridgehead atoms. The van der Waals surface area contributed by atoms with E-state index >= 15 is 0 Å². The largest absolute Gasteiger partial charge is 0.447 e. The van der Waals surface area contributed by atoms with Gasteiger partial charge in [-0.15, -0.1) is 6.42 Å². The van der Waals surface area contributed by atoms with Gasteiger partial charge in [-0.1, -0.05) is 12.0 Å². The fourth-order valence-corrected chi connectivity index (χ4v) is 3.53. The number of benzene rings is 1. The van der Waals surface area contributed by atoms with Crippen LogP contribution in [0.5, 0.6) is 0 Å². The molecule has 2 aromatic rings. The highest BCUT2D eigenvalue weighted by molar-refractivity contribution is 5.95. The van der Waals surface area contributed by atoms with Crippen LogP contribution >= 0.6 is 0 Å². The van der Waals surface area contributed by atoms with E-state index in [0.717, 1.165) is 16.8 Å². The quantitative estimate of drug-likeness (QED) is 0.831. The molecule has 28 heavy (non-hydrogen) atoms. The molecule has 1 aromatic heterocycles. The number of carbonyl (C=O) groups excluding carboxylic acids is 2. The lowest BCUT2D eigenvalue weighted by Gasteiger charge is -2.38. The topological polar surface area (TPSA) is 76.5 Å². The van der Waals surface area contributed by atoms with Gasteiger partial charge in [0.25, 0.3) is 0 Å². The van der Waals surface area contributed by atoms with E-state index in [2.05, 4.69) is 16.2 Å². The van der Waals surface area contributed by atoms with Gasteiger partial charge >= 0.3 is 6.09 Å². The maximum absolute atomic E-state index is 12.3. The Kier molecular flexibility index (Phi) is 5.41. The SMILES string of the molecule is C#CC1CC(NC(=O)OC(C)C)c2cc(-c3cncn3C)ccc2N1C(C)=O. The van der Waals surface area contributed by atoms with Crippen molar-refractivity contribution in [2.75, 3.05) is 4.90 Å². The molecule has 7 heteroatoms. The van der Waals surface area contributed by atoms with Gasteiger partial charge in [-0.25, -0.2) is 9.78 Å². The minimum absolute atomic E-state index is 0.138. The Balaban J connectivity index is 2.06. The van der Waals surface area contributed by atoms with Gasteiger partial charge in [-0.3, -0.25) is 9.69 Å². The van der Waals surface area contributed by atoms with Gasteiger partial charge < -0.3 is 14.6 Å². The van der Waals surface area contributed by atoms with Crippen LogP contribution in [-0.4, -0.2) is 33.7 Å². The molecule has 0 radical (unpaired) electrons. The number of anilines is 1. The summed E-state index contributed by atoms with van der Waals surface area (Å²) < 4.78 is 7.15. The zero-order valence-corrected chi connectivity index (χ0v) is 16.5. The second kappa shape index (κ2) is 7.77. The number of alkyl carbamates (subject to hydrolysis) is 1. The van der Waals surface area contributed by atoms with Crippen LogP contribution in [0.2, 0.25) is 0 Å². The van der Waals surface area contributed by atoms with Gasteiger partial charge in [-0.05, 0) is 31.5 Å². The standard InChI is InChI=1S/C21H24N4O3/c1-6-16-10-18(23-21(27)28-13(2)3)17-9-15(20-11-22-12-24(20)5)7-8-19(17)25(16)14(4)26/h1,7-9,11-13,16,18H,10H2,2-5H3,(H,23,27). The van der Waals surface area contributed by atoms with E-state index < -0.39 is 12.1 Å². The van der Waals surface area contributed by atoms with Crippen molar-refractivity contribution < 1.29 is 14.3 Å². The lowest BCUT2D eigenvalue weighted by Crippen LogP contribution is -2.46. The van der Waals surface area contributed by atoms with Crippen LogP contribution < -0.4 is 10.2 Å². The molecule has 146 valence electrons. The molecular weight excluding hydrogens is 356 g/mol. The first kappa shape index (κ1) is 19.5. The number of rotatable bonds is 3. The number of ether oxygens (including phenoxy) is 1. The summed E-state index contributed by atoms with van der Waals surface area (Å²) in [6, 6.07) is 4.94. The van der Waals surface area contributed by atoms with Gasteiger partial charge in [-0.2, -0.15) is 0 Å². The third-order valence-electron chi connectivity index (χ3n) is 4.71. The number of fused-ring (bicyclic) bond motifs is 1. The third-order valence-corrected chi connectivity index (χ3v) is 4.71. The van der Waals surface area contributed by atoms with E-state index in [1.54, 1.807) is 31.3 Å². The summed E-state index contributed by atoms with van der Waals surface area (Å²) in [4.78, 5) is 30.3. The third kappa shape index (κ3) is 3.72. The van der Waals surface area contributed by atoms with Gasteiger partial charge in [0.05, 0.1) is 42.1 Å². The molecule has 0 fully saturated rings. The molecule has 0 aliphatic carbocycles. The molecule has 2 unspecified atom stereocenters. The molecular formula is C21H24N4O3. The highest BCUT2D eigenvalue weighted by atomic mass is 16.6. The second-order valence-electron chi connectivity index (χ2n) is 7.12. The maximum Gasteiger partial charge on any atom is 0.407 e. The van der Waals surface area contributed by atoms with Crippen LogP contribution in [0.4, 0.5) is 10.5 Å². The van der Waals surface area contributed by atoms with Crippen LogP contribution in [0.1, 0.15) is 38.8 Å². The molecule has 0 saturated heterocycles. The number of terminal acetylenes is 1. The monoisotopic (exact) mass is 380 g/mol. The fraction of sp³-hybridized carbons (Fsp3) is 0.381. The average Bonchev–Trinajstić information content (AvgIpc) is 3.05. The number of nitrogens with zero attached hydrogens (tertiary/aromatic N) is 3. The summed E-state index contributed by atoms with van der Waals surface area (Å²) in [6.07, 6.45) is 8.85. The van der Waals surface area contributed by atoms with Crippen LogP contribution in [0, 0.1) is 12.3 Å². The molecule has 7 nitrogen and oxygen atoms in total. The molecule has 1 aliphatic heterocycles. The molecule has 3 rings (SSSR count). The molecule has 1 aliphatic rings. The van der Waals surface area contributed by atoms with Crippen molar-refractivity contribution in [3.8, 4) is 23.6 Å². The number of amides is 2. The molecule has 1 N–H and O–H groups in total. The van der Waals surface area contributed by atoms with Crippen LogP contribution in [0.25, 0.3) is 11.3 Å². The summed E-state index contributed by atoms with van der Waals surface area (Å²) in [5.41, 5.74) is 3.38. The number of nitrogens with one attached hydrogen (secondary N) is 1. The molecule has 0 saturated carbocycles. The van der Waals surface area contributed by atoms with Crippen molar-refractivity contribution in [2.24, 2.45) is 7.05 Å². The van der Waals surface area contributed by atoms with Gasteiger partial charge in [0, 0.05) is 26.0 Å². The van der Waals surface area contributed by atoms with Crippen LogP contribution in [-0.2, 0) is 16.6 Å². The van der Waals surface area contributed by atoms with Crippen LogP contribution in [0.3, 0.4) is 0 Å². The van der Waals surface area contributed by atoms with E-state index in [-0.39, 0.29) is 18.1 Å². The highest BCUT2D eigenvalue weighted by Gasteiger charge is 2.35. The lowest BCUT2D eigenvalue weighted by molar-refractivity contribution is -0.116. The zero-order valence-electron chi connectivity index (χ0n) is 16.5. The van der Waals surface area contributed by atoms with Crippen molar-refractivity contribution in [1.82, 2.24) is 14.9 Å². The Morgan fingerprint density at radius 3 is 2.71 bits per heavy atom. The van der Waals surface area contributed by atoms with E-state index in [0.29, 0.717) is 12.1 Å². The molecule has 0 spiro atoms. The van der Waals surface area contributed by atoms with Crippen molar-refractivity contribution in [1.29, 1.82) is 0 Å². The Hall–Kier alpha value is -3.27. The van der Waals surface area contributed by atoms with Crippen molar-refractivity contribution in [3.05, 3.63) is 36.3 Å². The van der Waals surface area contributed by atoms with Gasteiger partial charge in [0.2, 0.25) is 5.91 Å². The highest BCUT2D eigenvalue weighted by Crippen LogP contribution is 2.39. The first-order valence-corrected chi connectivity index (χ1v) is 9.15. The first-order chi connectivity index (χ1) is 13.3. The predicted octanol–water partition coefficient (Wildman–Crippen LogP) is 3.02. The summed E-state index contributed by atoms with van der Waals surface area (Å²) in [5, 5.41) is 2.90. The summed E-state index contributed by atoms with van der Waals surface area (Å²) in [5.74, 6) is 2.53.